The van der Waals surface area contributed by atoms with E-state index >= 15 is 0 Å². The standard InChI is InChI=1S/2C14H13NO2.2C12H15NO.2C11H14N2O.C10H11NOS.C9H10N2O2.CH4/c1-9(2)15-13-11-6-4-3-5-10(11)7-8-12(13)17-14(15)16;1-9(2)15-12-8-7-10-5-3-4-6-11(10)13(12)17-14(15)16;1-9(2)13-8-11-6-4-3-5-10(11)7-12(13)14;1-9(2)13-11-6-4-3-5-10(11)7-8-12(13)14;1-8(2)13-7-9-5-3-4-6-10(9)12-11(13)14;1-8(2)13-10-6-4-3-5-9(10)7-12-11(13)14;1-7(2)11-8-5-3-4-6-9(8)13-10(11)12;1-6(2)11-8-7(13-9(11)12)4-3-5-10-8;/h2*3-9H,1-2H3;2*3-6,9H,7-8H2,1-2H3;2*3-6,8H,7H2,1-2H3,(H,12,14);3-7H,1-2H3;3-6H,1-2H3;1H4. The van der Waals surface area contributed by atoms with E-state index in [-0.39, 0.29) is 95.7 Å². The predicted octanol–water partition coefficient (Wildman–Crippen LogP) is 20.4. The summed E-state index contributed by atoms with van der Waals surface area (Å²) >= 11 is 1.31. The molecule has 2 N–H and O–H groups in total. The molecule has 0 fully saturated rings. The molecule has 612 valence electrons. The van der Waals surface area contributed by atoms with E-state index in [0.717, 1.165) is 72.8 Å². The van der Waals surface area contributed by atoms with E-state index in [1.54, 1.807) is 32.4 Å². The lowest BCUT2D eigenvalue weighted by molar-refractivity contribution is -0.133. The number of hydrogen-bond donors (Lipinski definition) is 2. The molecule has 14 aromatic rings. The number of pyridine rings is 1. The number of nitrogens with zero attached hydrogens (tertiary/aromatic N) is 9. The SMILES string of the molecule is C.CC(C)N1C(=O)CCc2ccccc21.CC(C)N1C(=O)NCc2ccccc21.CC(C)N1Cc2ccccc2CC1=O.CC(C)N1Cc2ccccc2NC1=O.CC(C)n1c(=O)oc2c3ccccc3ccc21.CC(C)n1c(=O)oc2ccc3ccccc3c21.CC(C)n1c(=O)oc2cccnc21.CC(C)n1c(=O)sc2ccccc21. The summed E-state index contributed by atoms with van der Waals surface area (Å²) in [5, 5.41) is 9.99. The van der Waals surface area contributed by atoms with E-state index in [1.165, 1.54) is 43.7 Å². The third-order valence-corrected chi connectivity index (χ3v) is 21.2. The Bertz CT molecular complexity index is 5830. The number of anilines is 3. The average molecular weight is 1600 g/mol. The van der Waals surface area contributed by atoms with Gasteiger partial charge >= 0.3 is 34.2 Å². The molecular weight excluding hydrogens is 1490 g/mol. The Morgan fingerprint density at radius 3 is 1.54 bits per heavy atom. The molecule has 4 aliphatic rings. The Morgan fingerprint density at radius 1 is 0.385 bits per heavy atom. The Morgan fingerprint density at radius 2 is 0.897 bits per heavy atom. The number of carbonyl (C=O) groups is 4. The van der Waals surface area contributed by atoms with E-state index in [1.807, 2.05) is 284 Å². The fourth-order valence-corrected chi connectivity index (χ4v) is 15.7. The number of amides is 6. The number of fused-ring (bicyclic) bond motifs is 12. The molecule has 0 bridgehead atoms. The first-order valence-corrected chi connectivity index (χ1v) is 40.5. The number of carbonyl (C=O) groups excluding carboxylic acids is 4. The van der Waals surface area contributed by atoms with Crippen LogP contribution in [0.3, 0.4) is 0 Å². The molecule has 0 aliphatic carbocycles. The second-order valence-electron chi connectivity index (χ2n) is 31.0. The van der Waals surface area contributed by atoms with Crippen LogP contribution in [0.15, 0.2) is 245 Å². The molecule has 0 radical (unpaired) electrons. The van der Waals surface area contributed by atoms with Gasteiger partial charge in [0.1, 0.15) is 0 Å². The first-order chi connectivity index (χ1) is 55.5. The molecule has 0 unspecified atom stereocenters. The molecule has 23 heteroatoms. The summed E-state index contributed by atoms with van der Waals surface area (Å²) in [6, 6.07) is 68.9. The summed E-state index contributed by atoms with van der Waals surface area (Å²) in [6.45, 7) is 34.2. The highest BCUT2D eigenvalue weighted by atomic mass is 32.1. The van der Waals surface area contributed by atoms with Crippen molar-refractivity contribution >= 4 is 117 Å². The van der Waals surface area contributed by atoms with Gasteiger partial charge in [0, 0.05) is 103 Å². The molecule has 22 nitrogen and oxygen atoms in total. The van der Waals surface area contributed by atoms with Gasteiger partial charge in [-0.2, -0.15) is 0 Å². The molecule has 117 heavy (non-hydrogen) atoms. The zero-order chi connectivity index (χ0) is 83.3. The molecule has 0 atom stereocenters. The van der Waals surface area contributed by atoms with Gasteiger partial charge < -0.3 is 38.6 Å². The van der Waals surface area contributed by atoms with Crippen molar-refractivity contribution in [1.29, 1.82) is 0 Å². The van der Waals surface area contributed by atoms with Crippen molar-refractivity contribution in [3.05, 3.63) is 282 Å². The maximum absolute atomic E-state index is 11.8. The van der Waals surface area contributed by atoms with Crippen molar-refractivity contribution in [2.45, 2.75) is 205 Å². The predicted molar refractivity (Wildman–Crippen MR) is 474 cm³/mol. The monoisotopic (exact) mass is 1600 g/mol. The molecule has 0 saturated heterocycles. The second kappa shape index (κ2) is 38.8. The van der Waals surface area contributed by atoms with Crippen LogP contribution >= 0.6 is 11.3 Å². The van der Waals surface area contributed by atoms with Crippen molar-refractivity contribution in [3.8, 4) is 0 Å². The minimum Gasteiger partial charge on any atom is -0.408 e. The quantitative estimate of drug-likeness (QED) is 0.144. The van der Waals surface area contributed by atoms with Gasteiger partial charge in [0.15, 0.2) is 22.4 Å². The molecule has 0 saturated carbocycles. The van der Waals surface area contributed by atoms with Gasteiger partial charge in [-0.15, -0.1) is 0 Å². The van der Waals surface area contributed by atoms with E-state index in [2.05, 4.69) is 55.4 Å². The maximum atomic E-state index is 11.8. The lowest BCUT2D eigenvalue weighted by Gasteiger charge is -2.32. The topological polar surface area (TPSA) is 246 Å². The summed E-state index contributed by atoms with van der Waals surface area (Å²) in [7, 11) is 0. The van der Waals surface area contributed by atoms with Gasteiger partial charge in [0.2, 0.25) is 11.8 Å². The summed E-state index contributed by atoms with van der Waals surface area (Å²) in [5.74, 6) is -0.418. The first-order valence-electron chi connectivity index (χ1n) is 39.7. The fraction of sp³-hybridized carbons (Fsp3) is 0.330. The first kappa shape index (κ1) is 87.0. The molecule has 5 aromatic heterocycles. The number of thiazole rings is 1. The van der Waals surface area contributed by atoms with Crippen LogP contribution in [0.2, 0.25) is 0 Å². The highest BCUT2D eigenvalue weighted by Crippen LogP contribution is 2.33. The molecule has 18 rings (SSSR count). The number of aryl methyl sites for hydroxylation is 1. The van der Waals surface area contributed by atoms with Gasteiger partial charge in [-0.05, 0) is 210 Å². The largest absolute Gasteiger partial charge is 0.421 e. The molecular formula is C94H109N11O11S. The van der Waals surface area contributed by atoms with Crippen molar-refractivity contribution in [2.75, 3.05) is 15.1 Å². The van der Waals surface area contributed by atoms with Crippen molar-refractivity contribution in [3.63, 3.8) is 0 Å². The summed E-state index contributed by atoms with van der Waals surface area (Å²) < 4.78 is 23.5. The molecule has 9 heterocycles. The Hall–Kier alpha value is -12.4. The van der Waals surface area contributed by atoms with Crippen LogP contribution < -0.4 is 42.6 Å². The van der Waals surface area contributed by atoms with Crippen molar-refractivity contribution in [2.24, 2.45) is 0 Å². The lowest BCUT2D eigenvalue weighted by Crippen LogP contribution is -2.47. The van der Waals surface area contributed by atoms with Gasteiger partial charge in [0.25, 0.3) is 0 Å². The Balaban J connectivity index is 0.000000141. The number of urea groups is 2. The molecule has 9 aromatic carbocycles. The van der Waals surface area contributed by atoms with E-state index in [9.17, 15) is 38.4 Å². The Kier molecular flexibility index (Phi) is 28.9. The lowest BCUT2D eigenvalue weighted by atomic mass is 9.98. The maximum Gasteiger partial charge on any atom is 0.421 e. The summed E-state index contributed by atoms with van der Waals surface area (Å²) in [6.07, 6.45) is 3.75. The fourth-order valence-electron chi connectivity index (χ4n) is 14.6. The van der Waals surface area contributed by atoms with Crippen LogP contribution in [0, 0.1) is 0 Å². The number of oxazole rings is 3. The minimum absolute atomic E-state index is 0. The van der Waals surface area contributed by atoms with Crippen molar-refractivity contribution in [1.82, 2.24) is 38.4 Å². The Labute approximate surface area is 686 Å². The summed E-state index contributed by atoms with van der Waals surface area (Å²) in [4.78, 5) is 105. The number of benzene rings is 9. The highest BCUT2D eigenvalue weighted by molar-refractivity contribution is 7.16. The number of nitrogens with one attached hydrogen (secondary N) is 2. The van der Waals surface area contributed by atoms with Crippen LogP contribution in [-0.2, 0) is 42.1 Å². The van der Waals surface area contributed by atoms with Gasteiger partial charge in [-0.25, -0.2) is 29.0 Å². The van der Waals surface area contributed by atoms with Crippen molar-refractivity contribution < 1.29 is 32.4 Å². The molecule has 4 aliphatic heterocycles. The van der Waals surface area contributed by atoms with Gasteiger partial charge in [-0.3, -0.25) is 37.6 Å². The summed E-state index contributed by atoms with van der Waals surface area (Å²) in [5.41, 5.74) is 14.5. The van der Waals surface area contributed by atoms with E-state index in [0.29, 0.717) is 54.4 Å². The zero-order valence-electron chi connectivity index (χ0n) is 69.0. The van der Waals surface area contributed by atoms with Gasteiger partial charge in [0.05, 0.1) is 33.4 Å². The normalized spacial score (nSPS) is 13.4. The van der Waals surface area contributed by atoms with Crippen LogP contribution in [0.5, 0.6) is 0 Å². The van der Waals surface area contributed by atoms with E-state index in [4.69, 9.17) is 13.3 Å². The average Bonchev–Trinajstić information content (AvgIpc) is 1.62. The number of hydrogen-bond acceptors (Lipinski definition) is 13. The second-order valence-corrected chi connectivity index (χ2v) is 32.0. The smallest absolute Gasteiger partial charge is 0.408 e. The van der Waals surface area contributed by atoms with Crippen LogP contribution in [0.4, 0.5) is 26.7 Å². The number of para-hydroxylation sites is 4. The highest BCUT2D eigenvalue weighted by Gasteiger charge is 2.29. The van der Waals surface area contributed by atoms with Gasteiger partial charge in [-0.1, -0.05) is 170 Å². The third kappa shape index (κ3) is 19.9. The van der Waals surface area contributed by atoms with E-state index < -0.39 is 0 Å². The minimum atomic E-state index is -0.344. The van der Waals surface area contributed by atoms with Crippen LogP contribution in [-0.4, -0.2) is 81.1 Å². The number of rotatable bonds is 8. The van der Waals surface area contributed by atoms with Crippen LogP contribution in [0.25, 0.3) is 65.2 Å². The van der Waals surface area contributed by atoms with Crippen LogP contribution in [0.1, 0.15) is 177 Å². The molecule has 0 spiro atoms. The third-order valence-electron chi connectivity index (χ3n) is 20.2. The molecule has 6 amide bonds. The zero-order valence-corrected chi connectivity index (χ0v) is 69.8. The number of aromatic nitrogens is 5.